The van der Waals surface area contributed by atoms with E-state index in [0.717, 1.165) is 5.56 Å². The third-order valence-electron chi connectivity index (χ3n) is 4.19. The number of hydrogen-bond donors (Lipinski definition) is 1. The van der Waals surface area contributed by atoms with E-state index in [1.807, 2.05) is 30.3 Å². The Morgan fingerprint density at radius 1 is 1.27 bits per heavy atom. The van der Waals surface area contributed by atoms with Gasteiger partial charge in [0.1, 0.15) is 5.60 Å². The summed E-state index contributed by atoms with van der Waals surface area (Å²) < 4.78 is 5.33. The highest BCUT2D eigenvalue weighted by Gasteiger charge is 2.31. The highest BCUT2D eigenvalue weighted by molar-refractivity contribution is 5.84. The molecule has 0 aromatic heterocycles. The Morgan fingerprint density at radius 3 is 2.35 bits per heavy atom. The highest BCUT2D eigenvalue weighted by Crippen LogP contribution is 2.23. The van der Waals surface area contributed by atoms with Crippen molar-refractivity contribution in [2.24, 2.45) is 5.92 Å². The minimum absolute atomic E-state index is 0.0133. The Hall–Kier alpha value is -2.14. The molecule has 144 valence electrons. The highest BCUT2D eigenvalue weighted by atomic mass is 16.6. The molecular formula is C21H31NO4. The van der Waals surface area contributed by atoms with Crippen LogP contribution in [0.15, 0.2) is 43.0 Å². The van der Waals surface area contributed by atoms with Crippen LogP contribution in [0.4, 0.5) is 0 Å². The summed E-state index contributed by atoms with van der Waals surface area (Å²) >= 11 is 0. The fraction of sp³-hybridized carbons (Fsp3) is 0.524. The Kier molecular flexibility index (Phi) is 8.03. The number of esters is 1. The molecule has 0 saturated heterocycles. The summed E-state index contributed by atoms with van der Waals surface area (Å²) in [4.78, 5) is 26.5. The van der Waals surface area contributed by atoms with Gasteiger partial charge in [-0.2, -0.15) is 0 Å². The van der Waals surface area contributed by atoms with Gasteiger partial charge < -0.3 is 14.7 Å². The molecule has 0 aliphatic heterocycles. The fourth-order valence-corrected chi connectivity index (χ4v) is 2.69. The number of aliphatic hydroxyl groups is 1. The van der Waals surface area contributed by atoms with Crippen LogP contribution in [0.1, 0.15) is 52.2 Å². The molecule has 5 heteroatoms. The minimum Gasteiger partial charge on any atom is -0.460 e. The Labute approximate surface area is 156 Å². The standard InChI is InChI=1S/C21H31NO4/c1-7-11-17(14-18(23)26-21(3,4)5)20(25)22(6)15(2)19(24)16-12-9-8-10-13-16/h7-10,12-13,15,17,19,24H,1,11,14H2,2-6H3/t15-,17?,19-/m0/s1. The molecule has 1 amide bonds. The summed E-state index contributed by atoms with van der Waals surface area (Å²) in [6, 6.07) is 8.77. The second-order valence-electron chi connectivity index (χ2n) is 7.56. The number of benzene rings is 1. The largest absolute Gasteiger partial charge is 0.460 e. The minimum atomic E-state index is -0.809. The first-order valence-electron chi connectivity index (χ1n) is 8.89. The molecule has 0 saturated carbocycles. The Bertz CT molecular complexity index is 606. The van der Waals surface area contributed by atoms with Crippen molar-refractivity contribution in [3.63, 3.8) is 0 Å². The molecule has 0 bridgehead atoms. The van der Waals surface area contributed by atoms with Gasteiger partial charge >= 0.3 is 5.97 Å². The van der Waals surface area contributed by atoms with Crippen LogP contribution in [0.25, 0.3) is 0 Å². The fourth-order valence-electron chi connectivity index (χ4n) is 2.69. The molecule has 0 aliphatic carbocycles. The van der Waals surface area contributed by atoms with Crippen LogP contribution >= 0.6 is 0 Å². The van der Waals surface area contributed by atoms with Gasteiger partial charge in [0, 0.05) is 7.05 Å². The first-order chi connectivity index (χ1) is 12.1. The number of aliphatic hydroxyl groups excluding tert-OH is 1. The van der Waals surface area contributed by atoms with Gasteiger partial charge in [0.15, 0.2) is 0 Å². The van der Waals surface area contributed by atoms with Gasteiger partial charge in [-0.25, -0.2) is 0 Å². The molecule has 1 aromatic rings. The van der Waals surface area contributed by atoms with Crippen molar-refractivity contribution in [3.8, 4) is 0 Å². The summed E-state index contributed by atoms with van der Waals surface area (Å²) in [6.07, 6.45) is 1.17. The van der Waals surface area contributed by atoms with Crippen LogP contribution in [0, 0.1) is 5.92 Å². The lowest BCUT2D eigenvalue weighted by molar-refractivity contribution is -0.158. The number of amides is 1. The van der Waals surface area contributed by atoms with Crippen molar-refractivity contribution < 1.29 is 19.4 Å². The molecule has 5 nitrogen and oxygen atoms in total. The predicted octanol–water partition coefficient (Wildman–Crippen LogP) is 3.49. The van der Waals surface area contributed by atoms with Gasteiger partial charge in [-0.05, 0) is 39.7 Å². The molecule has 26 heavy (non-hydrogen) atoms. The summed E-state index contributed by atoms with van der Waals surface area (Å²) in [6.45, 7) is 10.8. The smallest absolute Gasteiger partial charge is 0.307 e. The number of carbonyl (C=O) groups excluding carboxylic acids is 2. The number of allylic oxidation sites excluding steroid dienone is 1. The molecular weight excluding hydrogens is 330 g/mol. The number of nitrogens with zero attached hydrogens (tertiary/aromatic N) is 1. The van der Waals surface area contributed by atoms with Gasteiger partial charge in [-0.3, -0.25) is 9.59 Å². The van der Waals surface area contributed by atoms with Crippen molar-refractivity contribution in [1.82, 2.24) is 4.90 Å². The van der Waals surface area contributed by atoms with Crippen molar-refractivity contribution in [3.05, 3.63) is 48.6 Å². The molecule has 0 heterocycles. The lowest BCUT2D eigenvalue weighted by atomic mass is 9.97. The van der Waals surface area contributed by atoms with E-state index in [9.17, 15) is 14.7 Å². The maximum absolute atomic E-state index is 12.9. The molecule has 1 N–H and O–H groups in total. The molecule has 1 aromatic carbocycles. The van der Waals surface area contributed by atoms with Crippen molar-refractivity contribution >= 4 is 11.9 Å². The van der Waals surface area contributed by atoms with Crippen LogP contribution in [0.3, 0.4) is 0 Å². The van der Waals surface area contributed by atoms with Gasteiger partial charge in [0.05, 0.1) is 24.5 Å². The quantitative estimate of drug-likeness (QED) is 0.568. The molecule has 1 rings (SSSR count). The molecule has 0 aliphatic rings. The Balaban J connectivity index is 2.83. The summed E-state index contributed by atoms with van der Waals surface area (Å²) in [7, 11) is 1.64. The number of carbonyl (C=O) groups is 2. The zero-order valence-corrected chi connectivity index (χ0v) is 16.4. The second-order valence-corrected chi connectivity index (χ2v) is 7.56. The lowest BCUT2D eigenvalue weighted by Gasteiger charge is -2.32. The van der Waals surface area contributed by atoms with Crippen LogP contribution in [0.5, 0.6) is 0 Å². The maximum Gasteiger partial charge on any atom is 0.307 e. The summed E-state index contributed by atoms with van der Waals surface area (Å²) in [5.41, 5.74) is 0.147. The summed E-state index contributed by atoms with van der Waals surface area (Å²) in [5.74, 6) is -1.18. The molecule has 3 atom stereocenters. The van der Waals surface area contributed by atoms with Crippen molar-refractivity contribution in [1.29, 1.82) is 0 Å². The van der Waals surface area contributed by atoms with Crippen molar-refractivity contribution in [2.45, 2.75) is 58.3 Å². The number of rotatable bonds is 8. The monoisotopic (exact) mass is 361 g/mol. The zero-order chi connectivity index (χ0) is 19.9. The SMILES string of the molecule is C=CCC(CC(=O)OC(C)(C)C)C(=O)N(C)[C@@H](C)[C@H](O)c1ccccc1. The van der Waals surface area contributed by atoms with Crippen LogP contribution in [0.2, 0.25) is 0 Å². The van der Waals surface area contributed by atoms with Gasteiger partial charge in [0.25, 0.3) is 0 Å². The van der Waals surface area contributed by atoms with Gasteiger partial charge in [-0.1, -0.05) is 36.4 Å². The van der Waals surface area contributed by atoms with Crippen LogP contribution in [-0.4, -0.2) is 40.6 Å². The third-order valence-corrected chi connectivity index (χ3v) is 4.19. The van der Waals surface area contributed by atoms with Crippen LogP contribution < -0.4 is 0 Å². The number of likely N-dealkylation sites (N-methyl/N-ethyl adjacent to an activating group) is 1. The van der Waals surface area contributed by atoms with E-state index < -0.39 is 29.6 Å². The van der Waals surface area contributed by atoms with E-state index >= 15 is 0 Å². The van der Waals surface area contributed by atoms with Gasteiger partial charge in [0.2, 0.25) is 5.91 Å². The first-order valence-corrected chi connectivity index (χ1v) is 8.89. The number of ether oxygens (including phenoxy) is 1. The van der Waals surface area contributed by atoms with E-state index in [4.69, 9.17) is 4.74 Å². The normalized spacial score (nSPS) is 14.8. The predicted molar refractivity (Wildman–Crippen MR) is 102 cm³/mol. The van der Waals surface area contributed by atoms with E-state index in [0.29, 0.717) is 6.42 Å². The third kappa shape index (κ3) is 6.64. The van der Waals surface area contributed by atoms with E-state index in [-0.39, 0.29) is 12.3 Å². The zero-order valence-electron chi connectivity index (χ0n) is 16.4. The second kappa shape index (κ2) is 9.53. The van der Waals surface area contributed by atoms with Crippen molar-refractivity contribution in [2.75, 3.05) is 7.05 Å². The van der Waals surface area contributed by atoms with Crippen LogP contribution in [-0.2, 0) is 14.3 Å². The maximum atomic E-state index is 12.9. The number of hydrogen-bond acceptors (Lipinski definition) is 4. The van der Waals surface area contributed by atoms with Gasteiger partial charge in [-0.15, -0.1) is 6.58 Å². The average Bonchev–Trinajstić information content (AvgIpc) is 2.58. The first kappa shape index (κ1) is 21.9. The lowest BCUT2D eigenvalue weighted by Crippen LogP contribution is -2.43. The molecule has 0 fully saturated rings. The molecule has 0 radical (unpaired) electrons. The van der Waals surface area contributed by atoms with E-state index in [2.05, 4.69) is 6.58 Å². The Morgan fingerprint density at radius 2 is 1.85 bits per heavy atom. The topological polar surface area (TPSA) is 66.8 Å². The van der Waals surface area contributed by atoms with E-state index in [1.54, 1.807) is 40.8 Å². The van der Waals surface area contributed by atoms with E-state index in [1.165, 1.54) is 4.90 Å². The molecule has 0 spiro atoms. The summed E-state index contributed by atoms with van der Waals surface area (Å²) in [5, 5.41) is 10.5. The average molecular weight is 361 g/mol. The molecule has 1 unspecified atom stereocenters.